The third kappa shape index (κ3) is 45.2. The number of hydrogen-bond acceptors (Lipinski definition) is 31. The van der Waals surface area contributed by atoms with Crippen molar-refractivity contribution in [1.29, 1.82) is 0 Å². The Morgan fingerprint density at radius 3 is 0.874 bits per heavy atom. The first-order valence-corrected chi connectivity index (χ1v) is 46.1. The lowest BCUT2D eigenvalue weighted by Gasteiger charge is -2.12. The van der Waals surface area contributed by atoms with Gasteiger partial charge in [0.05, 0.1) is 99.0 Å². The average Bonchev–Trinajstić information content (AvgIpc) is 1.76. The van der Waals surface area contributed by atoms with Crippen LogP contribution in [-0.2, 0) is 171 Å². The number of carboxylic acid groups (broad SMARTS) is 7. The molecule has 0 bridgehead atoms. The molecule has 0 aliphatic carbocycles. The Morgan fingerprint density at radius 2 is 0.533 bits per heavy atom. The molecule has 0 amide bonds. The molecule has 0 radical (unpaired) electrons. The van der Waals surface area contributed by atoms with E-state index in [1.54, 1.807) is 36.0 Å². The largest absolute Gasteiger partial charge is 0.488 e. The number of aliphatic carboxylic acids is 7. The third-order valence-corrected chi connectivity index (χ3v) is 22.6. The SMILES string of the molecule is NC(Cc1ccc(CC2OCCO2)cc1)C(=O)O.NC(Cc1ccc(CCC2OCCO2)cc1)C(=O)O.NC(Cc1ccc(CCCC2OCCO2)cc1)C(=O)O.NC(Cc1ccc(CCCCC2OCCO2)cc1)C(=O)O.NC(Cc1ccc(NCC2OCCO2)cc1)C(=O)O.NC(Cc1ccc(OCC2OCCO2)cc1)C(=O)O.NC(Cc1ccc(SCC2OCCO2)cc1)C(=O)O. The van der Waals surface area contributed by atoms with Gasteiger partial charge < -0.3 is 152 Å². The van der Waals surface area contributed by atoms with Gasteiger partial charge in [0.15, 0.2) is 44.0 Å². The van der Waals surface area contributed by atoms with Crippen LogP contribution in [0, 0.1) is 0 Å². The maximum Gasteiger partial charge on any atom is 0.320 e. The zero-order valence-electron chi connectivity index (χ0n) is 75.9. The van der Waals surface area contributed by atoms with Crippen LogP contribution < -0.4 is 50.2 Å². The molecule has 38 heteroatoms. The van der Waals surface area contributed by atoms with Crippen molar-refractivity contribution >= 4 is 59.2 Å². The molecule has 0 aromatic heterocycles. The van der Waals surface area contributed by atoms with Crippen LogP contribution in [-0.4, -0.2) is 275 Å². The van der Waals surface area contributed by atoms with Crippen LogP contribution >= 0.6 is 11.8 Å². The minimum Gasteiger partial charge on any atom is -0.488 e. The zero-order chi connectivity index (χ0) is 97.1. The molecule has 135 heavy (non-hydrogen) atoms. The molecule has 7 heterocycles. The summed E-state index contributed by atoms with van der Waals surface area (Å²) < 4.78 is 80.4. The summed E-state index contributed by atoms with van der Waals surface area (Å²) in [6, 6.07) is 47.9. The van der Waals surface area contributed by atoms with Gasteiger partial charge in [-0.25, -0.2) is 0 Å². The Balaban J connectivity index is 0.000000194. The zero-order valence-corrected chi connectivity index (χ0v) is 76.7. The van der Waals surface area contributed by atoms with Gasteiger partial charge in [-0.05, 0) is 194 Å². The minimum absolute atomic E-state index is 0.00937. The van der Waals surface area contributed by atoms with Crippen LogP contribution in [0.3, 0.4) is 0 Å². The maximum atomic E-state index is 10.7. The number of unbranched alkanes of at least 4 members (excludes halogenated alkanes) is 1. The molecule has 0 saturated carbocycles. The highest BCUT2D eigenvalue weighted by molar-refractivity contribution is 7.99. The monoisotopic (exact) mass is 1900 g/mol. The average molecular weight is 1910 g/mol. The molecular formula is C97H132N8O29S. The van der Waals surface area contributed by atoms with E-state index in [-0.39, 0.29) is 44.0 Å². The maximum absolute atomic E-state index is 10.7. The third-order valence-electron chi connectivity index (χ3n) is 21.5. The number of hydrogen-bond donors (Lipinski definition) is 15. The molecule has 7 aliphatic rings. The van der Waals surface area contributed by atoms with E-state index in [0.29, 0.717) is 163 Å². The topological polar surface area (TPSA) is 594 Å². The minimum atomic E-state index is -1.00. The van der Waals surface area contributed by atoms with Gasteiger partial charge in [0.25, 0.3) is 0 Å². The quantitative estimate of drug-likeness (QED) is 0.0143. The molecule has 7 unspecified atom stereocenters. The summed E-state index contributed by atoms with van der Waals surface area (Å²) in [5.41, 5.74) is 50.6. The van der Waals surface area contributed by atoms with E-state index in [4.69, 9.17) is 147 Å². The summed E-state index contributed by atoms with van der Waals surface area (Å²) in [7, 11) is 0. The van der Waals surface area contributed by atoms with Gasteiger partial charge in [0.1, 0.15) is 54.6 Å². The Hall–Kier alpha value is -10.1. The summed E-state index contributed by atoms with van der Waals surface area (Å²) in [5, 5.41) is 64.4. The van der Waals surface area contributed by atoms with E-state index in [1.807, 2.05) is 146 Å². The van der Waals surface area contributed by atoms with E-state index in [1.165, 1.54) is 16.7 Å². The van der Waals surface area contributed by atoms with Crippen molar-refractivity contribution in [2.24, 2.45) is 40.1 Å². The van der Waals surface area contributed by atoms with Crippen molar-refractivity contribution in [3.05, 3.63) is 231 Å². The lowest BCUT2D eigenvalue weighted by molar-refractivity contribution is -0.139. The number of nitrogens with two attached hydrogens (primary N) is 7. The second-order valence-electron chi connectivity index (χ2n) is 32.4. The number of aryl methyl sites for hydroxylation is 3. The molecule has 740 valence electrons. The first-order valence-electron chi connectivity index (χ1n) is 45.1. The van der Waals surface area contributed by atoms with Crippen LogP contribution in [0.15, 0.2) is 175 Å². The second kappa shape index (κ2) is 61.9. The number of carboxylic acids is 7. The highest BCUT2D eigenvalue weighted by Crippen LogP contribution is 2.25. The standard InChI is InChI=1S/C16H23NO4.C15H21NO4.C14H19NO4.C13H18N2O4.C13H17NO5.C13H17NO4S.C13H17NO4/c17-14(16(18)19)11-13-7-5-12(6-8-13)3-1-2-4-15-20-9-10-21-15;16-13(15(17)18)10-12-6-4-11(5-7-12)2-1-3-14-19-8-9-20-14;15-12(14(16)17)9-11-3-1-10(2-4-11)5-6-13-18-7-8-19-13;14-11(13(16)17)7-9-1-3-10(4-2-9)15-8-12-18-5-6-19-12;2*14-11(13(15)16)7-9-1-3-10(4-2-9)19-8-12-17-5-6-18-12;14-11(13(15)16)7-9-1-3-10(4-2-9)8-12-17-5-6-18-12/h5-8,14-15H,1-4,9-11,17H2,(H,18,19);4-7,13-14H,1-3,8-10,16H2,(H,17,18);1-4,12-13H,5-9,15H2,(H,16,17);1-4,11-12,15H,5-8,14H2,(H,16,17);2*1-4,11-12H,5-8,14H2,(H,15,16);1-4,11-12H,5-8,14H2,(H,15,16). The van der Waals surface area contributed by atoms with Crippen LogP contribution in [0.25, 0.3) is 0 Å². The number of ether oxygens (including phenoxy) is 15. The molecule has 37 nitrogen and oxygen atoms in total. The van der Waals surface area contributed by atoms with Crippen LogP contribution in [0.1, 0.15) is 99.7 Å². The van der Waals surface area contributed by atoms with Crippen LogP contribution in [0.5, 0.6) is 5.75 Å². The molecule has 22 N–H and O–H groups in total. The van der Waals surface area contributed by atoms with E-state index < -0.39 is 84.1 Å². The van der Waals surface area contributed by atoms with Crippen molar-refractivity contribution in [1.82, 2.24) is 0 Å². The number of thioether (sulfide) groups is 1. The Morgan fingerprint density at radius 1 is 0.281 bits per heavy atom. The van der Waals surface area contributed by atoms with E-state index in [0.717, 1.165) is 119 Å². The van der Waals surface area contributed by atoms with Gasteiger partial charge in [0, 0.05) is 29.2 Å². The molecule has 0 spiro atoms. The number of rotatable bonds is 44. The van der Waals surface area contributed by atoms with Gasteiger partial charge >= 0.3 is 41.8 Å². The van der Waals surface area contributed by atoms with Crippen LogP contribution in [0.2, 0.25) is 0 Å². The van der Waals surface area contributed by atoms with Gasteiger partial charge in [0.2, 0.25) is 0 Å². The summed E-state index contributed by atoms with van der Waals surface area (Å²) in [6.07, 6.45) is 10.9. The number of benzene rings is 7. The first kappa shape index (κ1) is 110. The number of anilines is 1. The van der Waals surface area contributed by atoms with Crippen molar-refractivity contribution in [3.8, 4) is 5.75 Å². The van der Waals surface area contributed by atoms with Crippen molar-refractivity contribution in [2.45, 2.75) is 200 Å². The normalized spacial score (nSPS) is 17.4. The molecule has 7 aromatic rings. The summed E-state index contributed by atoms with van der Waals surface area (Å²) in [4.78, 5) is 75.8. The summed E-state index contributed by atoms with van der Waals surface area (Å²) >= 11 is 1.65. The van der Waals surface area contributed by atoms with E-state index in [2.05, 4.69) is 5.32 Å². The highest BCUT2D eigenvalue weighted by Gasteiger charge is 2.25. The fourth-order valence-corrected chi connectivity index (χ4v) is 14.7. The van der Waals surface area contributed by atoms with E-state index in [9.17, 15) is 33.6 Å². The molecular weight excluding hydrogens is 1770 g/mol. The summed E-state index contributed by atoms with van der Waals surface area (Å²) in [6.45, 7) is 10.2. The predicted molar refractivity (Wildman–Crippen MR) is 497 cm³/mol. The number of nitrogens with one attached hydrogen (secondary N) is 1. The van der Waals surface area contributed by atoms with Crippen molar-refractivity contribution in [2.75, 3.05) is 117 Å². The Kier molecular flexibility index (Phi) is 50.6. The van der Waals surface area contributed by atoms with Gasteiger partial charge in [-0.3, -0.25) is 33.6 Å². The molecule has 7 fully saturated rings. The van der Waals surface area contributed by atoms with Crippen molar-refractivity contribution in [3.63, 3.8) is 0 Å². The second-order valence-corrected chi connectivity index (χ2v) is 33.5. The summed E-state index contributed by atoms with van der Waals surface area (Å²) in [5.74, 6) is -5.41. The van der Waals surface area contributed by atoms with Gasteiger partial charge in [-0.2, -0.15) is 0 Å². The predicted octanol–water partition coefficient (Wildman–Crippen LogP) is 6.49. The molecule has 7 aliphatic heterocycles. The smallest absolute Gasteiger partial charge is 0.320 e. The fourth-order valence-electron chi connectivity index (χ4n) is 13.8. The Bertz CT molecular complexity index is 4210. The lowest BCUT2D eigenvalue weighted by Crippen LogP contribution is -2.32. The molecule has 7 saturated heterocycles. The van der Waals surface area contributed by atoms with Crippen LogP contribution in [0.4, 0.5) is 5.69 Å². The fraction of sp³-hybridized carbons (Fsp3) is 0.495. The molecule has 14 rings (SSSR count). The Labute approximate surface area is 789 Å². The number of carbonyl (C=O) groups is 7. The molecule has 7 aromatic carbocycles. The van der Waals surface area contributed by atoms with Crippen molar-refractivity contribution < 1.29 is 140 Å². The van der Waals surface area contributed by atoms with Gasteiger partial charge in [-0.15, -0.1) is 11.8 Å². The lowest BCUT2D eigenvalue weighted by atomic mass is 10.0. The van der Waals surface area contributed by atoms with E-state index >= 15 is 0 Å². The first-order chi connectivity index (χ1) is 65.0. The van der Waals surface area contributed by atoms with Gasteiger partial charge in [-0.1, -0.05) is 133 Å². The highest BCUT2D eigenvalue weighted by atomic mass is 32.2. The molecule has 7 atom stereocenters.